The standard InChI is InChI=1S/CN.Ni.H2O4S/c1-2;;1-5(2,3)4/h;;(H2,1,2,3,4)/q-1;+2;/p-2. The van der Waals surface area contributed by atoms with Gasteiger partial charge in [-0.3, -0.25) is 8.42 Å². The van der Waals surface area contributed by atoms with E-state index in [-0.39, 0.29) is 16.5 Å². The molecule has 0 spiro atoms. The van der Waals surface area contributed by atoms with Crippen molar-refractivity contribution in [2.24, 2.45) is 0 Å². The fourth-order valence-corrected chi connectivity index (χ4v) is 0. The quantitative estimate of drug-likeness (QED) is 0.201. The molecule has 0 aromatic carbocycles. The molecule has 0 saturated heterocycles. The maximum atomic E-state index is 8.52. The first kappa shape index (κ1) is 15.7. The average Bonchev–Trinajstić information content (AvgIpc) is 1.36. The molecule has 0 aromatic heterocycles. The van der Waals surface area contributed by atoms with Gasteiger partial charge in [0.2, 0.25) is 0 Å². The second-order valence-electron chi connectivity index (χ2n) is 0.408. The predicted octanol–water partition coefficient (Wildman–Crippen LogP) is -1.24. The van der Waals surface area contributed by atoms with Crippen molar-refractivity contribution in [2.45, 2.75) is 0 Å². The van der Waals surface area contributed by atoms with Gasteiger partial charge in [-0.05, 0) is 0 Å². The second kappa shape index (κ2) is 6.85. The first-order chi connectivity index (χ1) is 3.00. The SMILES string of the molecule is O=S(=O)([O-])[O-].[C-]#N.[Ni+2]. The average molecular weight is 181 g/mol. The topological polar surface area (TPSA) is 104 Å². The summed E-state index contributed by atoms with van der Waals surface area (Å²) in [6.07, 6.45) is 0. The third-order valence-electron chi connectivity index (χ3n) is 0. The molecule has 0 heterocycles. The Morgan fingerprint density at radius 2 is 1.25 bits per heavy atom. The molecule has 0 rings (SSSR count). The maximum Gasteiger partial charge on any atom is 2.00 e. The van der Waals surface area contributed by atoms with Crippen molar-refractivity contribution < 1.29 is 34.0 Å². The summed E-state index contributed by atoms with van der Waals surface area (Å²) in [6, 6.07) is 0. The van der Waals surface area contributed by atoms with E-state index in [1.54, 1.807) is 0 Å². The van der Waals surface area contributed by atoms with Crippen LogP contribution in [0.4, 0.5) is 0 Å². The summed E-state index contributed by atoms with van der Waals surface area (Å²) in [4.78, 5) is 0. The van der Waals surface area contributed by atoms with Crippen LogP contribution in [0.25, 0.3) is 0 Å². The summed E-state index contributed by atoms with van der Waals surface area (Å²) in [5.74, 6) is 0. The Balaban J connectivity index is -0.0000000750. The van der Waals surface area contributed by atoms with Gasteiger partial charge in [-0.2, -0.15) is 0 Å². The van der Waals surface area contributed by atoms with Gasteiger partial charge in [-0.1, -0.05) is 0 Å². The Labute approximate surface area is 56.8 Å². The molecule has 0 fully saturated rings. The molecule has 7 heteroatoms. The number of rotatable bonds is 0. The van der Waals surface area contributed by atoms with Crippen LogP contribution < -0.4 is 0 Å². The van der Waals surface area contributed by atoms with E-state index in [4.69, 9.17) is 29.4 Å². The first-order valence-electron chi connectivity index (χ1n) is 0.890. The van der Waals surface area contributed by atoms with E-state index in [9.17, 15) is 0 Å². The van der Waals surface area contributed by atoms with Crippen LogP contribution in [0, 0.1) is 11.8 Å². The van der Waals surface area contributed by atoms with Gasteiger partial charge in [0.05, 0.1) is 0 Å². The maximum absolute atomic E-state index is 8.52. The van der Waals surface area contributed by atoms with E-state index in [0.717, 1.165) is 0 Å². The normalized spacial score (nSPS) is 7.50. The first-order valence-corrected chi connectivity index (χ1v) is 2.22. The minimum atomic E-state index is -5.17. The third-order valence-corrected chi connectivity index (χ3v) is 0. The second-order valence-corrected chi connectivity index (χ2v) is 1.22. The van der Waals surface area contributed by atoms with Crippen molar-refractivity contribution >= 4 is 10.4 Å². The van der Waals surface area contributed by atoms with Crippen LogP contribution in [0.1, 0.15) is 0 Å². The largest absolute Gasteiger partial charge is 2.00 e. The van der Waals surface area contributed by atoms with Gasteiger partial charge in [0, 0.05) is 10.4 Å². The fourth-order valence-electron chi connectivity index (χ4n) is 0. The molecule has 8 heavy (non-hydrogen) atoms. The summed E-state index contributed by atoms with van der Waals surface area (Å²) in [5, 5.41) is 6.25. The zero-order chi connectivity index (χ0) is 6.50. The molecule has 0 radical (unpaired) electrons. The Bertz CT molecular complexity index is 127. The Kier molecular flexibility index (Phi) is 13.4. The van der Waals surface area contributed by atoms with Gasteiger partial charge >= 0.3 is 16.5 Å². The van der Waals surface area contributed by atoms with E-state index < -0.39 is 10.4 Å². The molecule has 0 atom stereocenters. The molecule has 0 aliphatic heterocycles. The molecule has 0 amide bonds. The molecule has 0 aromatic rings. The van der Waals surface area contributed by atoms with E-state index in [0.29, 0.717) is 0 Å². The number of hydrogen-bond donors (Lipinski definition) is 0. The van der Waals surface area contributed by atoms with Gasteiger partial charge < -0.3 is 20.9 Å². The molecule has 0 aliphatic rings. The summed E-state index contributed by atoms with van der Waals surface area (Å²) >= 11 is 0. The monoisotopic (exact) mass is 180 g/mol. The van der Waals surface area contributed by atoms with Crippen LogP contribution in [-0.4, -0.2) is 17.5 Å². The van der Waals surface area contributed by atoms with Gasteiger partial charge in [-0.25, -0.2) is 0 Å². The minimum Gasteiger partial charge on any atom is -0.759 e. The molecular weight excluding hydrogens is 181 g/mol. The van der Waals surface area contributed by atoms with Gasteiger partial charge in [-0.15, -0.1) is 0 Å². The summed E-state index contributed by atoms with van der Waals surface area (Å²) in [7, 11) is -5.17. The van der Waals surface area contributed by atoms with Gasteiger partial charge in [0.1, 0.15) is 0 Å². The van der Waals surface area contributed by atoms with Crippen LogP contribution >= 0.6 is 0 Å². The molecule has 0 aliphatic carbocycles. The summed E-state index contributed by atoms with van der Waals surface area (Å²) in [6.45, 7) is 4.75. The van der Waals surface area contributed by atoms with Crippen molar-refractivity contribution in [1.82, 2.24) is 0 Å². The van der Waals surface area contributed by atoms with Crippen molar-refractivity contribution in [3.8, 4) is 0 Å². The predicted molar refractivity (Wildman–Crippen MR) is 15.4 cm³/mol. The molecule has 5 nitrogen and oxygen atoms in total. The van der Waals surface area contributed by atoms with E-state index in [2.05, 4.69) is 0 Å². The number of nitrogens with zero attached hydrogens (tertiary/aromatic N) is 1. The Hall–Kier alpha value is -0.146. The zero-order valence-corrected chi connectivity index (χ0v) is 5.11. The molecular formula is CNNiO4S-. The molecule has 0 N–H and O–H groups in total. The van der Waals surface area contributed by atoms with Crippen molar-refractivity contribution in [3.05, 3.63) is 6.57 Å². The van der Waals surface area contributed by atoms with Crippen LogP contribution in [0.5, 0.6) is 0 Å². The van der Waals surface area contributed by atoms with Crippen molar-refractivity contribution in [3.63, 3.8) is 0 Å². The zero-order valence-electron chi connectivity index (χ0n) is 3.30. The van der Waals surface area contributed by atoms with E-state index in [1.807, 2.05) is 0 Å². The Morgan fingerprint density at radius 3 is 1.25 bits per heavy atom. The fraction of sp³-hybridized carbons (Fsp3) is 0. The summed E-state index contributed by atoms with van der Waals surface area (Å²) in [5.41, 5.74) is 0. The summed E-state index contributed by atoms with van der Waals surface area (Å²) < 4.78 is 34.1. The van der Waals surface area contributed by atoms with Crippen LogP contribution in [0.2, 0.25) is 0 Å². The van der Waals surface area contributed by atoms with E-state index >= 15 is 0 Å². The van der Waals surface area contributed by atoms with E-state index in [1.165, 1.54) is 0 Å². The third kappa shape index (κ3) is 6430. The smallest absolute Gasteiger partial charge is 0.759 e. The minimum absolute atomic E-state index is 0. The van der Waals surface area contributed by atoms with Crippen LogP contribution in [0.15, 0.2) is 0 Å². The van der Waals surface area contributed by atoms with Gasteiger partial charge in [0.25, 0.3) is 0 Å². The molecule has 0 saturated carbocycles. The van der Waals surface area contributed by atoms with Crippen LogP contribution in [-0.2, 0) is 26.9 Å². The Morgan fingerprint density at radius 1 is 1.25 bits per heavy atom. The van der Waals surface area contributed by atoms with Gasteiger partial charge in [0.15, 0.2) is 0 Å². The van der Waals surface area contributed by atoms with Crippen molar-refractivity contribution in [1.29, 1.82) is 5.26 Å². The van der Waals surface area contributed by atoms with Crippen LogP contribution in [0.3, 0.4) is 0 Å². The molecule has 0 bridgehead atoms. The molecule has 50 valence electrons. The number of hydrogen-bond acceptors (Lipinski definition) is 5. The van der Waals surface area contributed by atoms with Crippen molar-refractivity contribution in [2.75, 3.05) is 0 Å². The molecule has 0 unspecified atom stereocenters.